The second-order valence-corrected chi connectivity index (χ2v) is 18.9. The monoisotopic (exact) mass is 891 g/mol. The SMILES string of the molecule is CC[C@H]1OC(=O)[C@H](C)C(=O)[C@H](C)[C@@H](O[C@@H]2O[C@H](C)C[C@H](N(C)C)[C@H]2OC(C)=O)[C@](C)(OC)C[C@@H](C)C(=O)[C@H](C)[C@H]2N(CCCCn3cnc(-c4c[nH]c5ccccc45)c3)C(=O)O[C@]12C. The van der Waals surface area contributed by atoms with Crippen molar-refractivity contribution in [2.75, 3.05) is 27.7 Å². The van der Waals surface area contributed by atoms with Crippen molar-refractivity contribution >= 4 is 40.5 Å². The molecule has 0 bridgehead atoms. The molecule has 0 aliphatic carbocycles. The highest BCUT2D eigenvalue weighted by Crippen LogP contribution is 2.43. The number of carbonyl (C=O) groups excluding carboxylic acids is 5. The number of aromatic amines is 1. The van der Waals surface area contributed by atoms with Crippen LogP contribution >= 0.6 is 0 Å². The van der Waals surface area contributed by atoms with Crippen LogP contribution < -0.4 is 0 Å². The molecule has 1 amide bonds. The highest BCUT2D eigenvalue weighted by atomic mass is 16.7. The first-order valence-electron chi connectivity index (χ1n) is 22.8. The summed E-state index contributed by atoms with van der Waals surface area (Å²) in [6, 6.07) is 6.98. The van der Waals surface area contributed by atoms with Gasteiger partial charge in [0.15, 0.2) is 23.8 Å². The van der Waals surface area contributed by atoms with Crippen LogP contribution in [-0.2, 0) is 54.1 Å². The largest absolute Gasteiger partial charge is 0.458 e. The molecule has 352 valence electrons. The summed E-state index contributed by atoms with van der Waals surface area (Å²) in [5, 5.41) is 1.09. The minimum absolute atomic E-state index is 0.103. The number of amides is 1. The molecule has 0 unspecified atom stereocenters. The molecular weight excluding hydrogens is 823 g/mol. The van der Waals surface area contributed by atoms with Crippen molar-refractivity contribution in [1.29, 1.82) is 0 Å². The van der Waals surface area contributed by atoms with Gasteiger partial charge in [-0.25, -0.2) is 9.78 Å². The lowest BCUT2D eigenvalue weighted by atomic mass is 9.73. The van der Waals surface area contributed by atoms with Gasteiger partial charge in [0.05, 0.1) is 41.9 Å². The number of hydrogen-bond donors (Lipinski definition) is 1. The van der Waals surface area contributed by atoms with Gasteiger partial charge in [0.2, 0.25) is 0 Å². The maximum absolute atomic E-state index is 14.9. The lowest BCUT2D eigenvalue weighted by Gasteiger charge is -2.47. The number of cyclic esters (lactones) is 1. The highest BCUT2D eigenvalue weighted by molar-refractivity contribution is 6.00. The number of benzene rings is 1. The number of Topliss-reactive ketones (excluding diaryl/α,β-unsaturated/α-hetero) is 2. The highest BCUT2D eigenvalue weighted by Gasteiger charge is 2.60. The number of hydrogen-bond acceptors (Lipinski definition) is 13. The van der Waals surface area contributed by atoms with Gasteiger partial charge >= 0.3 is 18.0 Å². The number of methoxy groups -OCH3 is 1. The predicted molar refractivity (Wildman–Crippen MR) is 238 cm³/mol. The molecule has 3 aromatic rings. The van der Waals surface area contributed by atoms with Crippen LogP contribution in [0.25, 0.3) is 22.2 Å². The van der Waals surface area contributed by atoms with E-state index in [9.17, 15) is 24.0 Å². The van der Waals surface area contributed by atoms with Crippen LogP contribution in [0.4, 0.5) is 4.79 Å². The Labute approximate surface area is 377 Å². The number of imidazole rings is 1. The summed E-state index contributed by atoms with van der Waals surface area (Å²) in [6.07, 6.45) is 3.02. The zero-order valence-corrected chi connectivity index (χ0v) is 39.6. The van der Waals surface area contributed by atoms with E-state index >= 15 is 0 Å². The van der Waals surface area contributed by atoms with Crippen LogP contribution in [0.3, 0.4) is 0 Å². The first-order chi connectivity index (χ1) is 30.2. The lowest BCUT2D eigenvalue weighted by Crippen LogP contribution is -2.61. The molecule has 3 saturated heterocycles. The number of likely N-dealkylation sites (N-methyl/N-ethyl adjacent to an activating group) is 1. The summed E-state index contributed by atoms with van der Waals surface area (Å²) in [7, 11) is 5.26. The third-order valence-corrected chi connectivity index (χ3v) is 14.0. The van der Waals surface area contributed by atoms with E-state index in [-0.39, 0.29) is 37.3 Å². The number of H-pyrrole nitrogens is 1. The molecule has 3 aliphatic rings. The number of rotatable bonds is 12. The van der Waals surface area contributed by atoms with Gasteiger partial charge in [-0.05, 0) is 80.0 Å². The fourth-order valence-corrected chi connectivity index (χ4v) is 10.5. The van der Waals surface area contributed by atoms with Crippen molar-refractivity contribution in [2.24, 2.45) is 23.7 Å². The Hall–Kier alpha value is -4.64. The van der Waals surface area contributed by atoms with E-state index in [0.717, 1.165) is 22.2 Å². The third-order valence-electron chi connectivity index (χ3n) is 14.0. The fraction of sp³-hybridized carbons (Fsp3) is 0.667. The second-order valence-electron chi connectivity index (χ2n) is 18.9. The maximum atomic E-state index is 14.9. The summed E-state index contributed by atoms with van der Waals surface area (Å²) in [6.45, 7) is 16.2. The van der Waals surface area contributed by atoms with Gasteiger partial charge in [-0.3, -0.25) is 19.2 Å². The summed E-state index contributed by atoms with van der Waals surface area (Å²) in [4.78, 5) is 81.5. The number of unbranched alkanes of at least 4 members (excludes halogenated alkanes) is 1. The number of aromatic nitrogens is 3. The summed E-state index contributed by atoms with van der Waals surface area (Å²) >= 11 is 0. The Morgan fingerprint density at radius 3 is 2.38 bits per heavy atom. The topological polar surface area (TPSA) is 181 Å². The molecule has 13 atom stereocenters. The van der Waals surface area contributed by atoms with Crippen molar-refractivity contribution in [3.63, 3.8) is 0 Å². The molecule has 1 aromatic carbocycles. The number of fused-ring (bicyclic) bond motifs is 2. The zero-order valence-electron chi connectivity index (χ0n) is 39.6. The van der Waals surface area contributed by atoms with Crippen LogP contribution in [-0.4, -0.2) is 136 Å². The van der Waals surface area contributed by atoms with Gasteiger partial charge in [0.25, 0.3) is 0 Å². The van der Waals surface area contributed by atoms with Gasteiger partial charge < -0.3 is 47.8 Å². The number of ether oxygens (including phenoxy) is 6. The molecule has 0 saturated carbocycles. The van der Waals surface area contributed by atoms with Crippen LogP contribution in [0.15, 0.2) is 43.0 Å². The number of nitrogens with one attached hydrogen (secondary N) is 1. The lowest BCUT2D eigenvalue weighted by molar-refractivity contribution is -0.298. The van der Waals surface area contributed by atoms with E-state index in [1.165, 1.54) is 21.0 Å². The first kappa shape index (κ1) is 48.8. The van der Waals surface area contributed by atoms with E-state index in [4.69, 9.17) is 28.4 Å². The summed E-state index contributed by atoms with van der Waals surface area (Å²) < 4.78 is 39.6. The fourth-order valence-electron chi connectivity index (χ4n) is 10.5. The molecule has 16 heteroatoms. The molecular formula is C48H69N5O11. The smallest absolute Gasteiger partial charge is 0.410 e. The van der Waals surface area contributed by atoms with E-state index < -0.39 is 89.3 Å². The van der Waals surface area contributed by atoms with Gasteiger partial charge in [-0.15, -0.1) is 0 Å². The van der Waals surface area contributed by atoms with Crippen LogP contribution in [0, 0.1) is 23.7 Å². The molecule has 0 radical (unpaired) electrons. The Bertz CT molecular complexity index is 2150. The van der Waals surface area contributed by atoms with Crippen molar-refractivity contribution < 1.29 is 52.4 Å². The number of ketones is 2. The van der Waals surface area contributed by atoms with Gasteiger partial charge in [-0.2, -0.15) is 0 Å². The van der Waals surface area contributed by atoms with E-state index in [1.54, 1.807) is 38.9 Å². The Morgan fingerprint density at radius 2 is 1.70 bits per heavy atom. The molecule has 16 nitrogen and oxygen atoms in total. The molecule has 1 N–H and O–H groups in total. The molecule has 3 aliphatic heterocycles. The molecule has 2 aromatic heterocycles. The minimum atomic E-state index is -1.42. The number of para-hydroxylation sites is 1. The van der Waals surface area contributed by atoms with E-state index in [2.05, 4.69) is 16.0 Å². The standard InChI is InChI=1S/C48H69N5O11/c1-13-38-48(9)42(53(46(58)64-48)21-17-16-20-52-25-36(50-26-52)34-24-49-35-19-15-14-18-33(34)35)29(4)39(55)27(2)23-47(8,59-12)43(30(5)40(56)31(6)44(57)62-38)63-45-41(61-32(7)54)37(51(10)11)22-28(3)60-45/h14-15,18-19,24-31,37-38,41-43,45,49H,13,16-17,20-23H2,1-12H3/t27-,28-,29+,30+,31-,37+,38-,41-,42-,43-,45+,47-,48-/m1/s1. The summed E-state index contributed by atoms with van der Waals surface area (Å²) in [5.74, 6) is -5.64. The second kappa shape index (κ2) is 19.8. The maximum Gasteiger partial charge on any atom is 0.410 e. The Balaban J connectivity index is 1.27. The normalized spacial score (nSPS) is 34.4. The Kier molecular flexibility index (Phi) is 15.1. The van der Waals surface area contributed by atoms with Crippen LogP contribution in [0.5, 0.6) is 0 Å². The van der Waals surface area contributed by atoms with E-state index in [0.29, 0.717) is 25.8 Å². The molecule has 5 heterocycles. The van der Waals surface area contributed by atoms with Crippen LogP contribution in [0.1, 0.15) is 94.4 Å². The summed E-state index contributed by atoms with van der Waals surface area (Å²) in [5.41, 5.74) is 0.171. The average Bonchev–Trinajstić information content (AvgIpc) is 3.97. The number of nitrogens with zero attached hydrogens (tertiary/aromatic N) is 4. The molecule has 6 rings (SSSR count). The van der Waals surface area contributed by atoms with Crippen molar-refractivity contribution in [3.8, 4) is 11.3 Å². The predicted octanol–water partition coefficient (Wildman–Crippen LogP) is 6.59. The van der Waals surface area contributed by atoms with Crippen molar-refractivity contribution in [1.82, 2.24) is 24.3 Å². The minimum Gasteiger partial charge on any atom is -0.458 e. The first-order valence-corrected chi connectivity index (χ1v) is 22.8. The average molecular weight is 892 g/mol. The van der Waals surface area contributed by atoms with E-state index in [1.807, 2.05) is 74.9 Å². The Morgan fingerprint density at radius 1 is 1.00 bits per heavy atom. The van der Waals surface area contributed by atoms with Gasteiger partial charge in [0.1, 0.15) is 17.8 Å². The zero-order chi connectivity index (χ0) is 46.8. The number of aryl methyl sites for hydroxylation is 1. The van der Waals surface area contributed by atoms with Crippen LogP contribution in [0.2, 0.25) is 0 Å². The molecule has 64 heavy (non-hydrogen) atoms. The third kappa shape index (κ3) is 9.80. The van der Waals surface area contributed by atoms with Gasteiger partial charge in [0, 0.05) is 73.7 Å². The quantitative estimate of drug-likeness (QED) is 0.0892. The van der Waals surface area contributed by atoms with Crippen molar-refractivity contribution in [2.45, 2.75) is 155 Å². The number of esters is 2. The van der Waals surface area contributed by atoms with Crippen molar-refractivity contribution in [3.05, 3.63) is 43.0 Å². The molecule has 0 spiro atoms. The number of carbonyl (C=O) groups is 5. The molecule has 3 fully saturated rings. The van der Waals surface area contributed by atoms with Gasteiger partial charge in [-0.1, -0.05) is 45.9 Å².